The molecule has 102 valence electrons. The van der Waals surface area contributed by atoms with Crippen LogP contribution in [0.25, 0.3) is 0 Å². The number of rotatable bonds is 6. The molecule has 0 aromatic carbocycles. The van der Waals surface area contributed by atoms with Gasteiger partial charge in [-0.3, -0.25) is 14.2 Å². The predicted octanol–water partition coefficient (Wildman–Crippen LogP) is 1.70. The molecular formula is C11H13BrClN5O. The zero-order valence-corrected chi connectivity index (χ0v) is 12.4. The average Bonchev–Trinajstić information content (AvgIpc) is 2.96. The van der Waals surface area contributed by atoms with Gasteiger partial charge in [0.05, 0.1) is 28.4 Å². The normalized spacial score (nSPS) is 10.6. The lowest BCUT2D eigenvalue weighted by Crippen LogP contribution is -2.28. The molecule has 8 heteroatoms. The second-order valence-corrected chi connectivity index (χ2v) is 5.30. The molecule has 1 amide bonds. The highest BCUT2D eigenvalue weighted by atomic mass is 79.9. The third kappa shape index (κ3) is 4.68. The third-order valence-electron chi connectivity index (χ3n) is 2.43. The second kappa shape index (κ2) is 6.72. The monoisotopic (exact) mass is 345 g/mol. The van der Waals surface area contributed by atoms with Gasteiger partial charge in [-0.1, -0.05) is 11.6 Å². The van der Waals surface area contributed by atoms with Crippen molar-refractivity contribution in [3.63, 3.8) is 0 Å². The van der Waals surface area contributed by atoms with Crippen molar-refractivity contribution >= 4 is 33.4 Å². The quantitative estimate of drug-likeness (QED) is 0.866. The highest BCUT2D eigenvalue weighted by molar-refractivity contribution is 9.10. The lowest BCUT2D eigenvalue weighted by molar-refractivity contribution is -0.121. The summed E-state index contributed by atoms with van der Waals surface area (Å²) >= 11 is 9.04. The van der Waals surface area contributed by atoms with Crippen molar-refractivity contribution in [3.8, 4) is 0 Å². The third-order valence-corrected chi connectivity index (χ3v) is 3.04. The Morgan fingerprint density at radius 3 is 2.63 bits per heavy atom. The first kappa shape index (κ1) is 14.1. The van der Waals surface area contributed by atoms with Crippen molar-refractivity contribution in [1.29, 1.82) is 0 Å². The SMILES string of the molecule is O=C(CCn1cc(Br)cn1)NCCn1cc(Cl)cn1. The van der Waals surface area contributed by atoms with Crippen molar-refractivity contribution in [3.05, 3.63) is 34.3 Å². The van der Waals surface area contributed by atoms with Gasteiger partial charge in [-0.25, -0.2) is 0 Å². The molecule has 0 bridgehead atoms. The summed E-state index contributed by atoms with van der Waals surface area (Å²) in [4.78, 5) is 11.6. The summed E-state index contributed by atoms with van der Waals surface area (Å²) in [5.74, 6) is -0.00937. The van der Waals surface area contributed by atoms with Gasteiger partial charge < -0.3 is 5.32 Å². The highest BCUT2D eigenvalue weighted by Crippen LogP contribution is 2.06. The molecular weight excluding hydrogens is 334 g/mol. The molecule has 0 aliphatic carbocycles. The van der Waals surface area contributed by atoms with Crippen LogP contribution in [0.4, 0.5) is 0 Å². The van der Waals surface area contributed by atoms with Crippen LogP contribution in [-0.2, 0) is 17.9 Å². The number of nitrogens with zero attached hydrogens (tertiary/aromatic N) is 4. The zero-order chi connectivity index (χ0) is 13.7. The molecule has 0 saturated carbocycles. The maximum absolute atomic E-state index is 11.6. The molecule has 2 heterocycles. The van der Waals surface area contributed by atoms with E-state index in [9.17, 15) is 4.79 Å². The number of amides is 1. The molecule has 2 aromatic rings. The molecule has 0 spiro atoms. The van der Waals surface area contributed by atoms with E-state index in [1.807, 2.05) is 6.20 Å². The van der Waals surface area contributed by atoms with Gasteiger partial charge in [-0.05, 0) is 15.9 Å². The maximum Gasteiger partial charge on any atom is 0.221 e. The first-order valence-corrected chi connectivity index (χ1v) is 6.93. The fourth-order valence-corrected chi connectivity index (χ4v) is 2.02. The van der Waals surface area contributed by atoms with Gasteiger partial charge in [-0.2, -0.15) is 10.2 Å². The predicted molar refractivity (Wildman–Crippen MR) is 74.8 cm³/mol. The Morgan fingerprint density at radius 2 is 2.00 bits per heavy atom. The summed E-state index contributed by atoms with van der Waals surface area (Å²) in [6.45, 7) is 1.69. The van der Waals surface area contributed by atoms with E-state index in [-0.39, 0.29) is 5.91 Å². The van der Waals surface area contributed by atoms with Crippen molar-refractivity contribution < 1.29 is 4.79 Å². The van der Waals surface area contributed by atoms with Crippen LogP contribution in [0, 0.1) is 0 Å². The summed E-state index contributed by atoms with van der Waals surface area (Å²) < 4.78 is 4.31. The molecule has 0 atom stereocenters. The fourth-order valence-electron chi connectivity index (χ4n) is 1.54. The molecule has 0 radical (unpaired) electrons. The van der Waals surface area contributed by atoms with Crippen LogP contribution in [0.15, 0.2) is 29.3 Å². The maximum atomic E-state index is 11.6. The van der Waals surface area contributed by atoms with E-state index in [2.05, 4.69) is 31.4 Å². The minimum atomic E-state index is -0.00937. The van der Waals surface area contributed by atoms with Crippen molar-refractivity contribution in [1.82, 2.24) is 24.9 Å². The van der Waals surface area contributed by atoms with Crippen LogP contribution in [0.1, 0.15) is 6.42 Å². The van der Waals surface area contributed by atoms with E-state index in [1.54, 1.807) is 28.0 Å². The first-order chi connectivity index (χ1) is 9.13. The summed E-state index contributed by atoms with van der Waals surface area (Å²) in [5.41, 5.74) is 0. The van der Waals surface area contributed by atoms with E-state index in [0.717, 1.165) is 4.47 Å². The van der Waals surface area contributed by atoms with Gasteiger partial charge >= 0.3 is 0 Å². The number of carbonyl (C=O) groups excluding carboxylic acids is 1. The molecule has 19 heavy (non-hydrogen) atoms. The molecule has 0 fully saturated rings. The van der Waals surface area contributed by atoms with Gasteiger partial charge in [-0.15, -0.1) is 0 Å². The number of nitrogens with one attached hydrogen (secondary N) is 1. The average molecular weight is 347 g/mol. The Labute approximate surface area is 123 Å². The van der Waals surface area contributed by atoms with Gasteiger partial charge in [0.2, 0.25) is 5.91 Å². The number of aromatic nitrogens is 4. The van der Waals surface area contributed by atoms with E-state index < -0.39 is 0 Å². The molecule has 0 aliphatic rings. The lowest BCUT2D eigenvalue weighted by atomic mass is 10.4. The number of aryl methyl sites for hydroxylation is 1. The summed E-state index contributed by atoms with van der Waals surface area (Å²) in [7, 11) is 0. The Morgan fingerprint density at radius 1 is 1.26 bits per heavy atom. The van der Waals surface area contributed by atoms with Crippen LogP contribution in [0.2, 0.25) is 5.02 Å². The first-order valence-electron chi connectivity index (χ1n) is 5.76. The van der Waals surface area contributed by atoms with Crippen LogP contribution in [-0.4, -0.2) is 32.0 Å². The molecule has 2 rings (SSSR count). The minimum Gasteiger partial charge on any atom is -0.354 e. The molecule has 0 aliphatic heterocycles. The number of halogens is 2. The van der Waals surface area contributed by atoms with Crippen molar-refractivity contribution in [2.24, 2.45) is 0 Å². The molecule has 0 unspecified atom stereocenters. The summed E-state index contributed by atoms with van der Waals surface area (Å²) in [6.07, 6.45) is 7.21. The van der Waals surface area contributed by atoms with E-state index >= 15 is 0 Å². The Hall–Kier alpha value is -1.34. The van der Waals surface area contributed by atoms with Crippen molar-refractivity contribution in [2.75, 3.05) is 6.54 Å². The van der Waals surface area contributed by atoms with Gasteiger partial charge in [0.25, 0.3) is 0 Å². The number of hydrogen-bond donors (Lipinski definition) is 1. The Kier molecular flexibility index (Phi) is 4.98. The van der Waals surface area contributed by atoms with Crippen LogP contribution >= 0.6 is 27.5 Å². The van der Waals surface area contributed by atoms with Crippen molar-refractivity contribution in [2.45, 2.75) is 19.5 Å². The lowest BCUT2D eigenvalue weighted by Gasteiger charge is -2.05. The van der Waals surface area contributed by atoms with Crippen LogP contribution in [0.5, 0.6) is 0 Å². The van der Waals surface area contributed by atoms with E-state index in [0.29, 0.717) is 31.1 Å². The Balaban J connectivity index is 1.64. The standard InChI is InChI=1S/C11H13BrClN5O/c12-9-5-15-17(7-9)3-1-11(19)14-2-4-18-8-10(13)6-16-18/h5-8H,1-4H2,(H,14,19). The highest BCUT2D eigenvalue weighted by Gasteiger charge is 2.03. The fraction of sp³-hybridized carbons (Fsp3) is 0.364. The van der Waals surface area contributed by atoms with E-state index in [4.69, 9.17) is 11.6 Å². The molecule has 6 nitrogen and oxygen atoms in total. The van der Waals surface area contributed by atoms with Gasteiger partial charge in [0.15, 0.2) is 0 Å². The summed E-state index contributed by atoms with van der Waals surface area (Å²) in [5, 5.41) is 11.5. The summed E-state index contributed by atoms with van der Waals surface area (Å²) in [6, 6.07) is 0. The minimum absolute atomic E-state index is 0.00937. The number of carbonyl (C=O) groups is 1. The number of hydrogen-bond acceptors (Lipinski definition) is 3. The van der Waals surface area contributed by atoms with Crippen LogP contribution in [0.3, 0.4) is 0 Å². The topological polar surface area (TPSA) is 64.7 Å². The zero-order valence-electron chi connectivity index (χ0n) is 10.1. The Bertz CT molecular complexity index is 553. The van der Waals surface area contributed by atoms with Gasteiger partial charge in [0.1, 0.15) is 0 Å². The molecule has 1 N–H and O–H groups in total. The molecule has 0 saturated heterocycles. The molecule has 2 aromatic heterocycles. The second-order valence-electron chi connectivity index (χ2n) is 3.94. The van der Waals surface area contributed by atoms with Crippen LogP contribution < -0.4 is 5.32 Å². The van der Waals surface area contributed by atoms with E-state index in [1.165, 1.54) is 0 Å². The smallest absolute Gasteiger partial charge is 0.221 e. The van der Waals surface area contributed by atoms with Gasteiger partial charge in [0, 0.05) is 31.9 Å². The largest absolute Gasteiger partial charge is 0.354 e.